The smallest absolute Gasteiger partial charge is 0.284 e. The van der Waals surface area contributed by atoms with Crippen LogP contribution >= 0.6 is 15.9 Å². The van der Waals surface area contributed by atoms with Crippen LogP contribution in [0.15, 0.2) is 10.5 Å². The molecule has 0 amide bonds. The van der Waals surface area contributed by atoms with Gasteiger partial charge in [-0.15, -0.1) is 0 Å². The molecule has 2 N–H and O–H groups in total. The number of hydrogen-bond acceptors (Lipinski definition) is 3. The lowest BCUT2D eigenvalue weighted by molar-refractivity contribution is 0.141. The van der Waals surface area contributed by atoms with E-state index >= 15 is 0 Å². The molecule has 0 aromatic carbocycles. The number of alkyl halides is 2. The zero-order valence-corrected chi connectivity index (χ0v) is 8.31. The summed E-state index contributed by atoms with van der Waals surface area (Å²) in [4.78, 5) is 3.50. The van der Waals surface area contributed by atoms with Crippen LogP contribution < -0.4 is 10.5 Å². The normalized spacial score (nSPS) is 10.5. The van der Waals surface area contributed by atoms with Crippen molar-refractivity contribution in [3.63, 3.8) is 0 Å². The van der Waals surface area contributed by atoms with Gasteiger partial charge in [-0.1, -0.05) is 0 Å². The molecule has 1 aromatic rings. The molecule has 0 aliphatic carbocycles. The lowest BCUT2D eigenvalue weighted by Crippen LogP contribution is -2.01. The zero-order valence-electron chi connectivity index (χ0n) is 6.72. The quantitative estimate of drug-likeness (QED) is 0.880. The Balaban J connectivity index is 3.25. The molecule has 0 aliphatic rings. The van der Waals surface area contributed by atoms with E-state index in [-0.39, 0.29) is 11.6 Å². The minimum atomic E-state index is -2.69. The average Bonchev–Trinajstić information content (AvgIpc) is 2.08. The summed E-state index contributed by atoms with van der Waals surface area (Å²) in [7, 11) is 1.30. The van der Waals surface area contributed by atoms with Crippen LogP contribution in [0.3, 0.4) is 0 Å². The predicted octanol–water partition coefficient (Wildman–Crippen LogP) is 2.37. The molecule has 0 aliphatic heterocycles. The standard InChI is InChI=1S/C7H7BrF2N2O/c1-13-4-2-3(8)7(11)12-5(4)6(9)10/h2,6H,1H3,(H2,11,12). The van der Waals surface area contributed by atoms with E-state index in [4.69, 9.17) is 10.5 Å². The van der Waals surface area contributed by atoms with Crippen molar-refractivity contribution in [2.45, 2.75) is 6.43 Å². The monoisotopic (exact) mass is 252 g/mol. The summed E-state index contributed by atoms with van der Waals surface area (Å²) in [6.45, 7) is 0. The van der Waals surface area contributed by atoms with E-state index in [1.165, 1.54) is 13.2 Å². The van der Waals surface area contributed by atoms with Gasteiger partial charge in [-0.3, -0.25) is 0 Å². The van der Waals surface area contributed by atoms with Crippen molar-refractivity contribution < 1.29 is 13.5 Å². The first-order valence-electron chi connectivity index (χ1n) is 3.34. The van der Waals surface area contributed by atoms with E-state index in [1.807, 2.05) is 0 Å². The number of methoxy groups -OCH3 is 1. The number of aromatic nitrogens is 1. The second-order valence-corrected chi connectivity index (χ2v) is 3.10. The van der Waals surface area contributed by atoms with Crippen molar-refractivity contribution in [3.05, 3.63) is 16.2 Å². The van der Waals surface area contributed by atoms with Gasteiger partial charge in [0.25, 0.3) is 6.43 Å². The third kappa shape index (κ3) is 2.06. The van der Waals surface area contributed by atoms with Gasteiger partial charge in [0.15, 0.2) is 5.69 Å². The summed E-state index contributed by atoms with van der Waals surface area (Å²) in [5, 5.41) is 0. The number of anilines is 1. The highest BCUT2D eigenvalue weighted by Crippen LogP contribution is 2.31. The molecule has 0 unspecified atom stereocenters. The minimum absolute atomic E-state index is 0.0241. The maximum atomic E-state index is 12.3. The van der Waals surface area contributed by atoms with Gasteiger partial charge in [-0.25, -0.2) is 13.8 Å². The van der Waals surface area contributed by atoms with Crippen LogP contribution in [-0.2, 0) is 0 Å². The molecule has 0 bridgehead atoms. The minimum Gasteiger partial charge on any atom is -0.495 e. The molecule has 0 radical (unpaired) electrons. The van der Waals surface area contributed by atoms with Crippen molar-refractivity contribution >= 4 is 21.7 Å². The first kappa shape index (κ1) is 10.2. The van der Waals surface area contributed by atoms with Crippen LogP contribution in [0.4, 0.5) is 14.6 Å². The lowest BCUT2D eigenvalue weighted by Gasteiger charge is -2.08. The van der Waals surface area contributed by atoms with E-state index in [2.05, 4.69) is 20.9 Å². The molecule has 0 atom stereocenters. The molecule has 3 nitrogen and oxygen atoms in total. The zero-order chi connectivity index (χ0) is 10.0. The number of ether oxygens (including phenoxy) is 1. The molecule has 6 heteroatoms. The van der Waals surface area contributed by atoms with E-state index in [0.717, 1.165) is 0 Å². The van der Waals surface area contributed by atoms with Crippen molar-refractivity contribution in [3.8, 4) is 5.75 Å². The largest absolute Gasteiger partial charge is 0.495 e. The SMILES string of the molecule is COc1cc(Br)c(N)nc1C(F)F. The number of halogens is 3. The molecule has 1 aromatic heterocycles. The molecule has 0 saturated heterocycles. The molecule has 1 rings (SSSR count). The summed E-state index contributed by atoms with van der Waals surface area (Å²) in [6.07, 6.45) is -2.69. The molecular formula is C7H7BrF2N2O. The first-order chi connectivity index (χ1) is 6.06. The molecular weight excluding hydrogens is 246 g/mol. The Hall–Kier alpha value is -0.910. The van der Waals surface area contributed by atoms with E-state index in [9.17, 15) is 8.78 Å². The van der Waals surface area contributed by atoms with Gasteiger partial charge in [0.1, 0.15) is 11.6 Å². The average molecular weight is 253 g/mol. The number of nitrogens with two attached hydrogens (primary N) is 1. The van der Waals surface area contributed by atoms with Crippen LogP contribution in [0.1, 0.15) is 12.1 Å². The molecule has 0 saturated carbocycles. The number of pyridine rings is 1. The Bertz CT molecular complexity index is 320. The van der Waals surface area contributed by atoms with Crippen molar-refractivity contribution in [2.24, 2.45) is 0 Å². The summed E-state index contributed by atoms with van der Waals surface area (Å²) < 4.78 is 29.8. The number of rotatable bonds is 2. The number of nitrogens with zero attached hydrogens (tertiary/aromatic N) is 1. The highest BCUT2D eigenvalue weighted by Gasteiger charge is 2.17. The van der Waals surface area contributed by atoms with Gasteiger partial charge in [-0.05, 0) is 15.9 Å². The Kier molecular flexibility index (Phi) is 3.02. The summed E-state index contributed by atoms with van der Waals surface area (Å²) >= 11 is 3.06. The first-order valence-corrected chi connectivity index (χ1v) is 4.13. The van der Waals surface area contributed by atoms with Gasteiger partial charge >= 0.3 is 0 Å². The topological polar surface area (TPSA) is 48.1 Å². The second-order valence-electron chi connectivity index (χ2n) is 2.24. The van der Waals surface area contributed by atoms with Gasteiger partial charge in [0.05, 0.1) is 11.6 Å². The van der Waals surface area contributed by atoms with E-state index in [1.54, 1.807) is 0 Å². The van der Waals surface area contributed by atoms with Crippen LogP contribution in [0.2, 0.25) is 0 Å². The summed E-state index contributed by atoms with van der Waals surface area (Å²) in [6, 6.07) is 1.36. The summed E-state index contributed by atoms with van der Waals surface area (Å²) in [5.74, 6) is 0.0483. The van der Waals surface area contributed by atoms with E-state index in [0.29, 0.717) is 4.47 Å². The number of nitrogen functional groups attached to an aromatic ring is 1. The molecule has 72 valence electrons. The third-order valence-electron chi connectivity index (χ3n) is 1.42. The van der Waals surface area contributed by atoms with Crippen molar-refractivity contribution in [1.82, 2.24) is 4.98 Å². The number of hydrogen-bond donors (Lipinski definition) is 1. The molecule has 0 fully saturated rings. The fourth-order valence-corrected chi connectivity index (χ4v) is 1.12. The van der Waals surface area contributed by atoms with Crippen LogP contribution in [0.5, 0.6) is 5.75 Å². The second kappa shape index (κ2) is 3.87. The van der Waals surface area contributed by atoms with Crippen molar-refractivity contribution in [1.29, 1.82) is 0 Å². The third-order valence-corrected chi connectivity index (χ3v) is 2.06. The Morgan fingerprint density at radius 1 is 1.62 bits per heavy atom. The highest BCUT2D eigenvalue weighted by atomic mass is 79.9. The van der Waals surface area contributed by atoms with Crippen LogP contribution in [-0.4, -0.2) is 12.1 Å². The Morgan fingerprint density at radius 3 is 2.69 bits per heavy atom. The molecule has 13 heavy (non-hydrogen) atoms. The predicted molar refractivity (Wildman–Crippen MR) is 47.9 cm³/mol. The van der Waals surface area contributed by atoms with E-state index < -0.39 is 12.1 Å². The maximum Gasteiger partial charge on any atom is 0.284 e. The van der Waals surface area contributed by atoms with Gasteiger partial charge in [0.2, 0.25) is 0 Å². The summed E-state index contributed by atoms with van der Waals surface area (Å²) in [5.41, 5.74) is 4.89. The fraction of sp³-hybridized carbons (Fsp3) is 0.286. The Labute approximate surface area is 82.0 Å². The van der Waals surface area contributed by atoms with Crippen LogP contribution in [0, 0.1) is 0 Å². The molecule has 1 heterocycles. The van der Waals surface area contributed by atoms with Gasteiger partial charge < -0.3 is 10.5 Å². The highest BCUT2D eigenvalue weighted by molar-refractivity contribution is 9.10. The maximum absolute atomic E-state index is 12.3. The Morgan fingerprint density at radius 2 is 2.23 bits per heavy atom. The fourth-order valence-electron chi connectivity index (χ4n) is 0.821. The molecule has 0 spiro atoms. The van der Waals surface area contributed by atoms with Gasteiger partial charge in [-0.2, -0.15) is 0 Å². The van der Waals surface area contributed by atoms with Crippen molar-refractivity contribution in [2.75, 3.05) is 12.8 Å². The lowest BCUT2D eigenvalue weighted by atomic mass is 10.3. The van der Waals surface area contributed by atoms with Crippen LogP contribution in [0.25, 0.3) is 0 Å². The van der Waals surface area contributed by atoms with Gasteiger partial charge in [0, 0.05) is 6.07 Å².